The first-order valence-electron chi connectivity index (χ1n) is 9.22. The molecule has 2 N–H and O–H groups in total. The van der Waals surface area contributed by atoms with Crippen molar-refractivity contribution in [2.45, 2.75) is 51.6 Å². The minimum Gasteiger partial charge on any atom is -0.357 e. The van der Waals surface area contributed by atoms with Crippen molar-refractivity contribution >= 4 is 5.96 Å². The number of aliphatic imine (C=N–C) groups is 1. The molecule has 6 nitrogen and oxygen atoms in total. The Morgan fingerprint density at radius 3 is 2.64 bits per heavy atom. The first-order valence-corrected chi connectivity index (χ1v) is 9.22. The van der Waals surface area contributed by atoms with Crippen LogP contribution in [0.4, 0.5) is 0 Å². The van der Waals surface area contributed by atoms with E-state index in [1.54, 1.807) is 6.33 Å². The number of nitrogens with zero attached hydrogens (tertiary/aromatic N) is 4. The fourth-order valence-corrected chi connectivity index (χ4v) is 3.37. The lowest BCUT2D eigenvalue weighted by molar-refractivity contribution is 0.244. The SMILES string of the molecule is CCNC(=NCc1nncn1CC)NCC1(c2ccccc2)CCC1. The maximum Gasteiger partial charge on any atom is 0.191 e. The van der Waals surface area contributed by atoms with Gasteiger partial charge in [0.15, 0.2) is 11.8 Å². The Labute approximate surface area is 149 Å². The number of rotatable bonds is 7. The van der Waals surface area contributed by atoms with E-state index in [4.69, 9.17) is 4.99 Å². The van der Waals surface area contributed by atoms with Crippen molar-refractivity contribution < 1.29 is 0 Å². The van der Waals surface area contributed by atoms with Crippen LogP contribution in [0.2, 0.25) is 0 Å². The normalized spacial score (nSPS) is 16.3. The summed E-state index contributed by atoms with van der Waals surface area (Å²) in [4.78, 5) is 4.69. The molecule has 1 heterocycles. The minimum atomic E-state index is 0.237. The standard InChI is InChI=1S/C19H28N6/c1-3-20-18(21-13-17-24-23-15-25(17)4-2)22-14-19(11-8-12-19)16-9-6-5-7-10-16/h5-7,9-10,15H,3-4,8,11-14H2,1-2H3,(H2,20,21,22). The van der Waals surface area contributed by atoms with Crippen molar-refractivity contribution in [3.05, 3.63) is 48.0 Å². The molecule has 0 amide bonds. The third-order valence-electron chi connectivity index (χ3n) is 5.05. The van der Waals surface area contributed by atoms with Gasteiger partial charge in [-0.2, -0.15) is 0 Å². The second-order valence-corrected chi connectivity index (χ2v) is 6.58. The van der Waals surface area contributed by atoms with Gasteiger partial charge in [-0.3, -0.25) is 0 Å². The summed E-state index contributed by atoms with van der Waals surface area (Å²) in [5, 5.41) is 15.0. The van der Waals surface area contributed by atoms with Gasteiger partial charge in [-0.25, -0.2) is 4.99 Å². The molecular formula is C19H28N6. The van der Waals surface area contributed by atoms with Gasteiger partial charge in [-0.15, -0.1) is 10.2 Å². The predicted octanol–water partition coefficient (Wildman–Crippen LogP) is 2.48. The minimum absolute atomic E-state index is 0.237. The number of hydrogen-bond donors (Lipinski definition) is 2. The van der Waals surface area contributed by atoms with Crippen LogP contribution in [0.5, 0.6) is 0 Å². The van der Waals surface area contributed by atoms with Crippen molar-refractivity contribution in [3.8, 4) is 0 Å². The van der Waals surface area contributed by atoms with Gasteiger partial charge in [-0.1, -0.05) is 36.8 Å². The Balaban J connectivity index is 1.66. The number of benzene rings is 1. The van der Waals surface area contributed by atoms with Crippen LogP contribution in [0.3, 0.4) is 0 Å². The molecular weight excluding hydrogens is 312 g/mol. The molecule has 1 aromatic carbocycles. The van der Waals surface area contributed by atoms with Crippen LogP contribution in [0.25, 0.3) is 0 Å². The van der Waals surface area contributed by atoms with Gasteiger partial charge in [0.05, 0.1) is 0 Å². The summed E-state index contributed by atoms with van der Waals surface area (Å²) in [5.41, 5.74) is 1.66. The third-order valence-corrected chi connectivity index (χ3v) is 5.05. The maximum atomic E-state index is 4.69. The molecule has 0 atom stereocenters. The molecule has 6 heteroatoms. The largest absolute Gasteiger partial charge is 0.357 e. The lowest BCUT2D eigenvalue weighted by atomic mass is 9.64. The van der Waals surface area contributed by atoms with E-state index >= 15 is 0 Å². The quantitative estimate of drug-likeness (QED) is 0.600. The summed E-state index contributed by atoms with van der Waals surface area (Å²) in [6.07, 6.45) is 5.51. The fraction of sp³-hybridized carbons (Fsp3) is 0.526. The molecule has 1 aliphatic rings. The molecule has 1 aliphatic carbocycles. The smallest absolute Gasteiger partial charge is 0.191 e. The first-order chi connectivity index (χ1) is 12.3. The van der Waals surface area contributed by atoms with E-state index in [9.17, 15) is 0 Å². The molecule has 134 valence electrons. The van der Waals surface area contributed by atoms with Gasteiger partial charge in [0.25, 0.3) is 0 Å². The van der Waals surface area contributed by atoms with E-state index in [1.807, 2.05) is 4.57 Å². The molecule has 1 aromatic heterocycles. The monoisotopic (exact) mass is 340 g/mol. The van der Waals surface area contributed by atoms with Gasteiger partial charge in [0.1, 0.15) is 12.9 Å². The van der Waals surface area contributed by atoms with Crippen molar-refractivity contribution in [1.29, 1.82) is 0 Å². The Morgan fingerprint density at radius 1 is 1.20 bits per heavy atom. The van der Waals surface area contributed by atoms with Gasteiger partial charge >= 0.3 is 0 Å². The van der Waals surface area contributed by atoms with E-state index in [0.717, 1.165) is 31.4 Å². The summed E-state index contributed by atoms with van der Waals surface area (Å²) < 4.78 is 2.02. The molecule has 0 radical (unpaired) electrons. The maximum absolute atomic E-state index is 4.69. The zero-order valence-electron chi connectivity index (χ0n) is 15.2. The van der Waals surface area contributed by atoms with Crippen LogP contribution in [0.15, 0.2) is 41.7 Å². The average Bonchev–Trinajstić information content (AvgIpc) is 3.07. The average molecular weight is 340 g/mol. The number of aromatic nitrogens is 3. The predicted molar refractivity (Wildman–Crippen MR) is 100 cm³/mol. The highest BCUT2D eigenvalue weighted by Crippen LogP contribution is 2.43. The second kappa shape index (κ2) is 8.14. The van der Waals surface area contributed by atoms with Crippen molar-refractivity contribution in [2.24, 2.45) is 4.99 Å². The number of hydrogen-bond acceptors (Lipinski definition) is 3. The van der Waals surface area contributed by atoms with Crippen molar-refractivity contribution in [2.75, 3.05) is 13.1 Å². The van der Waals surface area contributed by atoms with Crippen LogP contribution in [-0.2, 0) is 18.5 Å². The molecule has 1 fully saturated rings. The molecule has 25 heavy (non-hydrogen) atoms. The highest BCUT2D eigenvalue weighted by Gasteiger charge is 2.38. The molecule has 0 aliphatic heterocycles. The number of guanidine groups is 1. The van der Waals surface area contributed by atoms with E-state index in [2.05, 4.69) is 65.0 Å². The Kier molecular flexibility index (Phi) is 5.68. The molecule has 1 saturated carbocycles. The zero-order chi connectivity index (χ0) is 17.5. The lowest BCUT2D eigenvalue weighted by Gasteiger charge is -2.43. The Hall–Kier alpha value is -2.37. The van der Waals surface area contributed by atoms with Crippen LogP contribution in [-0.4, -0.2) is 33.8 Å². The lowest BCUT2D eigenvalue weighted by Crippen LogP contribution is -2.48. The summed E-state index contributed by atoms with van der Waals surface area (Å²) in [6, 6.07) is 10.8. The third kappa shape index (κ3) is 4.00. The van der Waals surface area contributed by atoms with Crippen LogP contribution >= 0.6 is 0 Å². The zero-order valence-corrected chi connectivity index (χ0v) is 15.2. The van der Waals surface area contributed by atoms with Crippen LogP contribution in [0.1, 0.15) is 44.5 Å². The highest BCUT2D eigenvalue weighted by atomic mass is 15.3. The van der Waals surface area contributed by atoms with Gasteiger partial charge in [0, 0.05) is 25.0 Å². The molecule has 0 spiro atoms. The topological polar surface area (TPSA) is 67.1 Å². The molecule has 3 rings (SSSR count). The van der Waals surface area contributed by atoms with Crippen LogP contribution in [0, 0.1) is 0 Å². The van der Waals surface area contributed by atoms with Crippen molar-refractivity contribution in [3.63, 3.8) is 0 Å². The second-order valence-electron chi connectivity index (χ2n) is 6.58. The Morgan fingerprint density at radius 2 is 2.00 bits per heavy atom. The molecule has 2 aromatic rings. The summed E-state index contributed by atoms with van der Waals surface area (Å²) in [5.74, 6) is 1.73. The molecule has 0 bridgehead atoms. The van der Waals surface area contributed by atoms with Crippen molar-refractivity contribution in [1.82, 2.24) is 25.4 Å². The summed E-state index contributed by atoms with van der Waals surface area (Å²) in [6.45, 7) is 7.30. The van der Waals surface area contributed by atoms with Gasteiger partial charge in [-0.05, 0) is 32.3 Å². The molecule has 0 unspecified atom stereocenters. The van der Waals surface area contributed by atoms with Gasteiger partial charge in [0.2, 0.25) is 0 Å². The fourth-order valence-electron chi connectivity index (χ4n) is 3.37. The summed E-state index contributed by atoms with van der Waals surface area (Å²) >= 11 is 0. The summed E-state index contributed by atoms with van der Waals surface area (Å²) in [7, 11) is 0. The van der Waals surface area contributed by atoms with E-state index in [0.29, 0.717) is 6.54 Å². The van der Waals surface area contributed by atoms with Gasteiger partial charge < -0.3 is 15.2 Å². The highest BCUT2D eigenvalue weighted by molar-refractivity contribution is 5.79. The van der Waals surface area contributed by atoms with Crippen LogP contribution < -0.4 is 10.6 Å². The first kappa shape index (κ1) is 17.5. The number of aryl methyl sites for hydroxylation is 1. The van der Waals surface area contributed by atoms with E-state index in [-0.39, 0.29) is 5.41 Å². The molecule has 0 saturated heterocycles. The van der Waals surface area contributed by atoms with E-state index < -0.39 is 0 Å². The Bertz CT molecular complexity index is 687. The number of nitrogens with one attached hydrogen (secondary N) is 2. The van der Waals surface area contributed by atoms with E-state index in [1.165, 1.54) is 24.8 Å².